The fourth-order valence-electron chi connectivity index (χ4n) is 3.81. The van der Waals surface area contributed by atoms with E-state index in [1.165, 1.54) is 5.56 Å². The largest absolute Gasteiger partial charge is 0.370 e. The normalized spacial score (nSPS) is 15.0. The van der Waals surface area contributed by atoms with Crippen molar-refractivity contribution < 1.29 is 14.4 Å². The number of hydrogen-bond donors (Lipinski definition) is 2. The van der Waals surface area contributed by atoms with Crippen LogP contribution in [0.4, 0.5) is 0 Å². The molecule has 1 fully saturated rings. The van der Waals surface area contributed by atoms with Crippen LogP contribution in [-0.4, -0.2) is 45.3 Å². The SMILES string of the molecule is O=C(NCCC[NH+]1CCOCC1)/C(=C\c1cccs1)c1ccc(-c2ccccc2)cc1. The molecular formula is C26H29N2O2S+. The highest BCUT2D eigenvalue weighted by molar-refractivity contribution is 7.11. The van der Waals surface area contributed by atoms with Crippen LogP contribution >= 0.6 is 11.3 Å². The summed E-state index contributed by atoms with van der Waals surface area (Å²) >= 11 is 1.64. The summed E-state index contributed by atoms with van der Waals surface area (Å²) in [7, 11) is 0. The summed E-state index contributed by atoms with van der Waals surface area (Å²) in [6.07, 6.45) is 2.96. The first kappa shape index (κ1) is 21.5. The van der Waals surface area contributed by atoms with E-state index in [-0.39, 0.29) is 5.91 Å². The van der Waals surface area contributed by atoms with E-state index in [9.17, 15) is 4.79 Å². The van der Waals surface area contributed by atoms with Gasteiger partial charge in [-0.15, -0.1) is 11.3 Å². The lowest BCUT2D eigenvalue weighted by atomic mass is 9.99. The minimum atomic E-state index is -0.0159. The summed E-state index contributed by atoms with van der Waals surface area (Å²) in [5.41, 5.74) is 3.96. The average Bonchev–Trinajstić information content (AvgIpc) is 3.35. The Bertz CT molecular complexity index is 976. The van der Waals surface area contributed by atoms with E-state index in [0.29, 0.717) is 12.1 Å². The van der Waals surface area contributed by atoms with E-state index in [1.54, 1.807) is 16.2 Å². The average molecular weight is 434 g/mol. The second kappa shape index (κ2) is 11.0. The van der Waals surface area contributed by atoms with Gasteiger partial charge in [-0.3, -0.25) is 4.79 Å². The van der Waals surface area contributed by atoms with Gasteiger partial charge in [0.1, 0.15) is 13.1 Å². The van der Waals surface area contributed by atoms with Gasteiger partial charge in [0.05, 0.1) is 19.8 Å². The van der Waals surface area contributed by atoms with Crippen molar-refractivity contribution in [2.75, 3.05) is 39.4 Å². The Morgan fingerprint density at radius 1 is 0.968 bits per heavy atom. The zero-order valence-corrected chi connectivity index (χ0v) is 18.5. The molecule has 0 radical (unpaired) electrons. The standard InChI is InChI=1S/C26H28N2O2S/c29-26(27-13-5-14-28-15-17-30-18-16-28)25(20-24-8-4-19-31-24)23-11-9-22(10-12-23)21-6-2-1-3-7-21/h1-4,6-12,19-20H,5,13-18H2,(H,27,29)/p+1/b25-20-. The zero-order chi connectivity index (χ0) is 21.3. The fraction of sp³-hybridized carbons (Fsp3) is 0.269. The summed E-state index contributed by atoms with van der Waals surface area (Å²) in [4.78, 5) is 15.7. The van der Waals surface area contributed by atoms with Crippen molar-refractivity contribution in [3.63, 3.8) is 0 Å². The lowest BCUT2D eigenvalue weighted by Crippen LogP contribution is -3.14. The summed E-state index contributed by atoms with van der Waals surface area (Å²) < 4.78 is 5.41. The highest BCUT2D eigenvalue weighted by Crippen LogP contribution is 2.25. The molecule has 1 aliphatic heterocycles. The summed E-state index contributed by atoms with van der Waals surface area (Å²) in [5.74, 6) is -0.0159. The van der Waals surface area contributed by atoms with Crippen LogP contribution in [0.2, 0.25) is 0 Å². The van der Waals surface area contributed by atoms with Crippen LogP contribution in [0.1, 0.15) is 16.9 Å². The summed E-state index contributed by atoms with van der Waals surface area (Å²) in [6, 6.07) is 22.6. The Labute approximate surface area is 188 Å². The molecule has 2 N–H and O–H groups in total. The van der Waals surface area contributed by atoms with Gasteiger partial charge in [0.2, 0.25) is 0 Å². The van der Waals surface area contributed by atoms with Crippen molar-refractivity contribution in [2.24, 2.45) is 0 Å². The van der Waals surface area contributed by atoms with Gasteiger partial charge >= 0.3 is 0 Å². The van der Waals surface area contributed by atoms with Crippen molar-refractivity contribution in [1.82, 2.24) is 5.32 Å². The number of morpholine rings is 1. The third-order valence-electron chi connectivity index (χ3n) is 5.57. The minimum absolute atomic E-state index is 0.0159. The third kappa shape index (κ3) is 6.14. The van der Waals surface area contributed by atoms with Gasteiger partial charge in [0, 0.05) is 23.4 Å². The lowest BCUT2D eigenvalue weighted by molar-refractivity contribution is -0.908. The molecule has 0 unspecified atom stereocenters. The third-order valence-corrected chi connectivity index (χ3v) is 6.39. The molecule has 4 rings (SSSR count). The Hall–Kier alpha value is -2.73. The van der Waals surface area contributed by atoms with Crippen LogP contribution in [0.3, 0.4) is 0 Å². The molecule has 2 heterocycles. The molecular weight excluding hydrogens is 404 g/mol. The monoisotopic (exact) mass is 433 g/mol. The van der Waals surface area contributed by atoms with Gasteiger partial charge in [-0.25, -0.2) is 0 Å². The second-order valence-electron chi connectivity index (χ2n) is 7.74. The molecule has 0 aliphatic carbocycles. The number of nitrogens with one attached hydrogen (secondary N) is 2. The smallest absolute Gasteiger partial charge is 0.251 e. The van der Waals surface area contributed by atoms with Crippen molar-refractivity contribution >= 4 is 28.9 Å². The number of hydrogen-bond acceptors (Lipinski definition) is 3. The Balaban J connectivity index is 1.43. The molecule has 0 bridgehead atoms. The number of amides is 1. The molecule has 31 heavy (non-hydrogen) atoms. The van der Waals surface area contributed by atoms with Crippen LogP contribution in [0.5, 0.6) is 0 Å². The molecule has 1 amide bonds. The van der Waals surface area contributed by atoms with E-state index >= 15 is 0 Å². The van der Waals surface area contributed by atoms with Crippen LogP contribution in [0.15, 0.2) is 72.1 Å². The highest BCUT2D eigenvalue weighted by atomic mass is 32.1. The lowest BCUT2D eigenvalue weighted by Gasteiger charge is -2.23. The highest BCUT2D eigenvalue weighted by Gasteiger charge is 2.15. The first-order chi connectivity index (χ1) is 15.3. The van der Waals surface area contributed by atoms with Crippen LogP contribution < -0.4 is 10.2 Å². The molecule has 4 nitrogen and oxygen atoms in total. The zero-order valence-electron chi connectivity index (χ0n) is 17.7. The molecule has 160 valence electrons. The summed E-state index contributed by atoms with van der Waals surface area (Å²) in [5, 5.41) is 5.17. The molecule has 2 aromatic carbocycles. The van der Waals surface area contributed by atoms with E-state index in [1.807, 2.05) is 53.9 Å². The van der Waals surface area contributed by atoms with E-state index in [2.05, 4.69) is 29.6 Å². The minimum Gasteiger partial charge on any atom is -0.370 e. The topological polar surface area (TPSA) is 42.8 Å². The van der Waals surface area contributed by atoms with Gasteiger partial charge < -0.3 is 15.0 Å². The maximum atomic E-state index is 13.1. The second-order valence-corrected chi connectivity index (χ2v) is 8.72. The number of thiophene rings is 1. The predicted octanol–water partition coefficient (Wildman–Crippen LogP) is 3.38. The van der Waals surface area contributed by atoms with E-state index < -0.39 is 0 Å². The molecule has 0 atom stereocenters. The Morgan fingerprint density at radius 3 is 2.42 bits per heavy atom. The van der Waals surface area contributed by atoms with Crippen molar-refractivity contribution in [1.29, 1.82) is 0 Å². The number of rotatable bonds is 8. The first-order valence-electron chi connectivity index (χ1n) is 10.9. The van der Waals surface area contributed by atoms with E-state index in [0.717, 1.165) is 55.3 Å². The van der Waals surface area contributed by atoms with Gasteiger partial charge in [-0.1, -0.05) is 60.7 Å². The quantitative estimate of drug-likeness (QED) is 0.423. The fourth-order valence-corrected chi connectivity index (χ4v) is 4.47. The van der Waals surface area contributed by atoms with Crippen molar-refractivity contribution in [2.45, 2.75) is 6.42 Å². The number of ether oxygens (including phenoxy) is 1. The Morgan fingerprint density at radius 2 is 1.71 bits per heavy atom. The predicted molar refractivity (Wildman–Crippen MR) is 128 cm³/mol. The first-order valence-corrected chi connectivity index (χ1v) is 11.8. The van der Waals surface area contributed by atoms with Crippen LogP contribution in [-0.2, 0) is 9.53 Å². The van der Waals surface area contributed by atoms with Gasteiger partial charge in [0.25, 0.3) is 5.91 Å². The molecule has 1 saturated heterocycles. The molecule has 1 aliphatic rings. The molecule has 5 heteroatoms. The molecule has 1 aromatic heterocycles. The van der Waals surface area contributed by atoms with E-state index in [4.69, 9.17) is 4.74 Å². The molecule has 0 saturated carbocycles. The van der Waals surface area contributed by atoms with Gasteiger partial charge in [0.15, 0.2) is 0 Å². The summed E-state index contributed by atoms with van der Waals surface area (Å²) in [6.45, 7) is 5.56. The molecule has 0 spiro atoms. The number of benzene rings is 2. The number of carbonyl (C=O) groups excluding carboxylic acids is 1. The van der Waals surface area contributed by atoms with Crippen molar-refractivity contribution in [3.05, 3.63) is 82.6 Å². The van der Waals surface area contributed by atoms with Gasteiger partial charge in [-0.05, 0) is 34.2 Å². The Kier molecular flexibility index (Phi) is 7.66. The van der Waals surface area contributed by atoms with Gasteiger partial charge in [-0.2, -0.15) is 0 Å². The number of carbonyl (C=O) groups is 1. The van der Waals surface area contributed by atoms with Crippen molar-refractivity contribution in [3.8, 4) is 11.1 Å². The maximum Gasteiger partial charge on any atom is 0.251 e. The van der Waals surface area contributed by atoms with Crippen LogP contribution in [0, 0.1) is 0 Å². The molecule has 3 aromatic rings. The maximum absolute atomic E-state index is 13.1. The van der Waals surface area contributed by atoms with Crippen LogP contribution in [0.25, 0.3) is 22.8 Å². The number of quaternary nitrogens is 1.